The molecule has 2 N–H and O–H groups in total. The van der Waals surface area contributed by atoms with Crippen LogP contribution in [0.2, 0.25) is 0 Å². The quantitative estimate of drug-likeness (QED) is 0.622. The number of rotatable bonds is 6. The highest BCUT2D eigenvalue weighted by Crippen LogP contribution is 2.07. The van der Waals surface area contributed by atoms with Gasteiger partial charge in [0.15, 0.2) is 5.94 Å². The lowest BCUT2D eigenvalue weighted by atomic mass is 10.1. The molecule has 0 bridgehead atoms. The molecule has 80 valence electrons. The predicted molar refractivity (Wildman–Crippen MR) is 47.9 cm³/mol. The van der Waals surface area contributed by atoms with Crippen molar-refractivity contribution in [1.29, 1.82) is 0 Å². The third-order valence-electron chi connectivity index (χ3n) is 1.51. The summed E-state index contributed by atoms with van der Waals surface area (Å²) >= 11 is 0. The highest BCUT2D eigenvalue weighted by Gasteiger charge is 2.13. The fourth-order valence-electron chi connectivity index (χ4n) is 0.915. The molecule has 0 rings (SSSR count). The average molecular weight is 212 g/mol. The van der Waals surface area contributed by atoms with E-state index in [4.69, 9.17) is 14.4 Å². The first-order chi connectivity index (χ1) is 5.85. The predicted octanol–water partition coefficient (Wildman–Crippen LogP) is 0.398. The number of ether oxygens (including phenoxy) is 1. The molecule has 2 unspecified atom stereocenters. The van der Waals surface area contributed by atoms with Crippen LogP contribution >= 0.6 is 0 Å². The maximum atomic E-state index is 10.3. The van der Waals surface area contributed by atoms with Gasteiger partial charge in [0.05, 0.1) is 12.2 Å². The van der Waals surface area contributed by atoms with Gasteiger partial charge in [0.1, 0.15) is 0 Å². The summed E-state index contributed by atoms with van der Waals surface area (Å²) in [5.41, 5.74) is 0. The van der Waals surface area contributed by atoms with Crippen molar-refractivity contribution in [3.05, 3.63) is 0 Å². The van der Waals surface area contributed by atoms with Crippen LogP contribution in [0.3, 0.4) is 0 Å². The second kappa shape index (κ2) is 5.54. The Bertz CT molecular complexity index is 221. The summed E-state index contributed by atoms with van der Waals surface area (Å²) in [6, 6.07) is 0. The summed E-state index contributed by atoms with van der Waals surface area (Å²) in [6.45, 7) is 3.41. The molecule has 0 radical (unpaired) electrons. The van der Waals surface area contributed by atoms with E-state index in [1.165, 1.54) is 0 Å². The van der Waals surface area contributed by atoms with Crippen LogP contribution in [-0.2, 0) is 14.9 Å². The molecule has 0 aliphatic rings. The fraction of sp³-hybridized carbons (Fsp3) is 1.00. The first-order valence-electron chi connectivity index (χ1n) is 4.10. The van der Waals surface area contributed by atoms with Gasteiger partial charge in [0, 0.05) is 0 Å². The van der Waals surface area contributed by atoms with Crippen LogP contribution in [0.1, 0.15) is 26.7 Å². The van der Waals surface area contributed by atoms with Crippen molar-refractivity contribution in [1.82, 2.24) is 0 Å². The Labute approximate surface area is 78.5 Å². The van der Waals surface area contributed by atoms with E-state index in [0.29, 0.717) is 12.8 Å². The highest BCUT2D eigenvalue weighted by atomic mass is 32.2. The molecule has 0 saturated heterocycles. The molecule has 0 aromatic rings. The summed E-state index contributed by atoms with van der Waals surface area (Å²) in [5.74, 6) is -0.710. The molecule has 6 heteroatoms. The molecular formula is C7H16O5S. The highest BCUT2D eigenvalue weighted by molar-refractivity contribution is 7.85. The van der Waals surface area contributed by atoms with Crippen molar-refractivity contribution < 1.29 is 22.8 Å². The minimum Gasteiger partial charge on any atom is -0.393 e. The normalized spacial score (nSPS) is 16.9. The maximum Gasteiger partial charge on any atom is 0.289 e. The number of aliphatic hydroxyl groups excluding tert-OH is 1. The van der Waals surface area contributed by atoms with Gasteiger partial charge in [0.2, 0.25) is 0 Å². The van der Waals surface area contributed by atoms with Crippen LogP contribution in [0.15, 0.2) is 0 Å². The van der Waals surface area contributed by atoms with E-state index in [9.17, 15) is 8.42 Å². The Morgan fingerprint density at radius 2 is 2.00 bits per heavy atom. The average Bonchev–Trinajstić information content (AvgIpc) is 1.95. The van der Waals surface area contributed by atoms with Crippen molar-refractivity contribution in [3.8, 4) is 0 Å². The van der Waals surface area contributed by atoms with Crippen molar-refractivity contribution in [3.63, 3.8) is 0 Å². The maximum absolute atomic E-state index is 10.3. The van der Waals surface area contributed by atoms with Crippen LogP contribution in [0.5, 0.6) is 0 Å². The second-order valence-corrected chi connectivity index (χ2v) is 4.38. The van der Waals surface area contributed by atoms with Crippen molar-refractivity contribution in [2.24, 2.45) is 0 Å². The Morgan fingerprint density at radius 3 is 2.31 bits per heavy atom. The molecule has 0 fully saturated rings. The van der Waals surface area contributed by atoms with Crippen molar-refractivity contribution in [2.75, 3.05) is 5.94 Å². The summed E-state index contributed by atoms with van der Waals surface area (Å²) in [6.07, 6.45) is 0.0974. The van der Waals surface area contributed by atoms with E-state index >= 15 is 0 Å². The second-order valence-electron chi connectivity index (χ2n) is 2.98. The van der Waals surface area contributed by atoms with Gasteiger partial charge in [-0.1, -0.05) is 6.92 Å². The van der Waals surface area contributed by atoms with Gasteiger partial charge in [-0.2, -0.15) is 8.42 Å². The Kier molecular flexibility index (Phi) is 5.46. The zero-order chi connectivity index (χ0) is 10.5. The van der Waals surface area contributed by atoms with Gasteiger partial charge in [-0.15, -0.1) is 0 Å². The minimum absolute atomic E-state index is 0.332. The van der Waals surface area contributed by atoms with Crippen LogP contribution in [-0.4, -0.2) is 36.2 Å². The Hall–Kier alpha value is -0.170. The van der Waals surface area contributed by atoms with Gasteiger partial charge in [0.25, 0.3) is 10.1 Å². The SMILES string of the molecule is CCC(CC(C)O)OCS(=O)(=O)O. The zero-order valence-corrected chi connectivity index (χ0v) is 8.62. The Balaban J connectivity index is 3.86. The summed E-state index contributed by atoms with van der Waals surface area (Å²) in [4.78, 5) is 0. The van der Waals surface area contributed by atoms with E-state index in [2.05, 4.69) is 0 Å². The summed E-state index contributed by atoms with van der Waals surface area (Å²) in [5, 5.41) is 8.99. The molecule has 2 atom stereocenters. The van der Waals surface area contributed by atoms with Crippen LogP contribution in [0.4, 0.5) is 0 Å². The van der Waals surface area contributed by atoms with Crippen molar-refractivity contribution >= 4 is 10.1 Å². The van der Waals surface area contributed by atoms with E-state index < -0.39 is 22.2 Å². The number of hydrogen-bond donors (Lipinski definition) is 2. The third-order valence-corrected chi connectivity index (χ3v) is 1.95. The molecule has 0 aromatic heterocycles. The molecule has 0 heterocycles. The van der Waals surface area contributed by atoms with Gasteiger partial charge in [-0.05, 0) is 19.8 Å². The number of aliphatic hydroxyl groups is 1. The topological polar surface area (TPSA) is 83.8 Å². The lowest BCUT2D eigenvalue weighted by Crippen LogP contribution is -2.21. The molecule has 5 nitrogen and oxygen atoms in total. The smallest absolute Gasteiger partial charge is 0.289 e. The number of hydrogen-bond acceptors (Lipinski definition) is 4. The summed E-state index contributed by atoms with van der Waals surface area (Å²) in [7, 11) is -4.07. The molecular weight excluding hydrogens is 196 g/mol. The van der Waals surface area contributed by atoms with E-state index in [0.717, 1.165) is 0 Å². The van der Waals surface area contributed by atoms with Gasteiger partial charge < -0.3 is 9.84 Å². The van der Waals surface area contributed by atoms with Gasteiger partial charge >= 0.3 is 0 Å². The molecule has 0 spiro atoms. The third kappa shape index (κ3) is 8.17. The van der Waals surface area contributed by atoms with Crippen LogP contribution in [0, 0.1) is 0 Å². The molecule has 0 saturated carbocycles. The largest absolute Gasteiger partial charge is 0.393 e. The molecule has 0 aromatic carbocycles. The van der Waals surface area contributed by atoms with E-state index in [1.54, 1.807) is 6.92 Å². The molecule has 0 amide bonds. The van der Waals surface area contributed by atoms with Gasteiger partial charge in [-0.3, -0.25) is 4.55 Å². The van der Waals surface area contributed by atoms with Crippen LogP contribution in [0.25, 0.3) is 0 Å². The molecule has 13 heavy (non-hydrogen) atoms. The fourth-order valence-corrected chi connectivity index (χ4v) is 1.28. The lowest BCUT2D eigenvalue weighted by Gasteiger charge is -2.16. The molecule has 0 aliphatic heterocycles. The van der Waals surface area contributed by atoms with E-state index in [-0.39, 0.29) is 6.10 Å². The molecule has 0 aliphatic carbocycles. The first kappa shape index (κ1) is 12.8. The summed E-state index contributed by atoms with van der Waals surface area (Å²) < 4.78 is 33.9. The first-order valence-corrected chi connectivity index (χ1v) is 5.71. The van der Waals surface area contributed by atoms with Crippen LogP contribution < -0.4 is 0 Å². The van der Waals surface area contributed by atoms with Crippen molar-refractivity contribution in [2.45, 2.75) is 38.9 Å². The van der Waals surface area contributed by atoms with Gasteiger partial charge in [-0.25, -0.2) is 0 Å². The zero-order valence-electron chi connectivity index (χ0n) is 7.80. The monoisotopic (exact) mass is 212 g/mol. The lowest BCUT2D eigenvalue weighted by molar-refractivity contribution is 0.0367. The minimum atomic E-state index is -4.07. The van der Waals surface area contributed by atoms with E-state index in [1.807, 2.05) is 6.92 Å². The standard InChI is InChI=1S/C7H16O5S/c1-3-7(4-6(2)8)12-5-13(9,10)11/h6-8H,3-5H2,1-2H3,(H,9,10,11). The Morgan fingerprint density at radius 1 is 1.46 bits per heavy atom.